The highest BCUT2D eigenvalue weighted by molar-refractivity contribution is 7.98. The molecule has 5 nitrogen and oxygen atoms in total. The Morgan fingerprint density at radius 2 is 2.35 bits per heavy atom. The van der Waals surface area contributed by atoms with Gasteiger partial charge in [-0.05, 0) is 19.2 Å². The van der Waals surface area contributed by atoms with Crippen LogP contribution < -0.4 is 5.32 Å². The van der Waals surface area contributed by atoms with Crippen LogP contribution in [-0.2, 0) is 6.54 Å². The molecule has 6 heteroatoms. The Balaban J connectivity index is 2.38. The van der Waals surface area contributed by atoms with Crippen LogP contribution in [0.25, 0.3) is 0 Å². The van der Waals surface area contributed by atoms with Gasteiger partial charge in [0.2, 0.25) is 0 Å². The van der Waals surface area contributed by atoms with E-state index in [4.69, 9.17) is 9.52 Å². The molecule has 1 heterocycles. The normalized spacial score (nSPS) is 14.5. The number of carboxylic acid groups (broad SMARTS) is 1. The van der Waals surface area contributed by atoms with Crippen molar-refractivity contribution in [2.24, 2.45) is 0 Å². The summed E-state index contributed by atoms with van der Waals surface area (Å²) in [5.74, 6) is 0.176. The molecule has 1 rings (SSSR count). The number of hydrogen-bond acceptors (Lipinski definition) is 5. The molecule has 1 unspecified atom stereocenters. The zero-order chi connectivity index (χ0) is 12.9. The van der Waals surface area contributed by atoms with E-state index in [-0.39, 0.29) is 5.56 Å². The molecule has 1 atom stereocenters. The van der Waals surface area contributed by atoms with E-state index >= 15 is 0 Å². The average molecular weight is 259 g/mol. The summed E-state index contributed by atoms with van der Waals surface area (Å²) in [6, 6.07) is 1.47. The maximum absolute atomic E-state index is 10.6. The summed E-state index contributed by atoms with van der Waals surface area (Å²) in [4.78, 5) is 10.6. The first kappa shape index (κ1) is 14.1. The van der Waals surface area contributed by atoms with Gasteiger partial charge < -0.3 is 19.9 Å². The van der Waals surface area contributed by atoms with E-state index in [1.54, 1.807) is 18.7 Å². The van der Waals surface area contributed by atoms with Crippen molar-refractivity contribution in [3.63, 3.8) is 0 Å². The molecule has 17 heavy (non-hydrogen) atoms. The van der Waals surface area contributed by atoms with Crippen LogP contribution in [0.4, 0.5) is 0 Å². The second-order valence-electron chi connectivity index (χ2n) is 4.14. The molecule has 0 fully saturated rings. The fourth-order valence-corrected chi connectivity index (χ4v) is 2.13. The van der Waals surface area contributed by atoms with Gasteiger partial charge in [0.25, 0.3) is 0 Å². The fraction of sp³-hybridized carbons (Fsp3) is 0.545. The van der Waals surface area contributed by atoms with Gasteiger partial charge >= 0.3 is 5.97 Å². The van der Waals surface area contributed by atoms with Gasteiger partial charge in [-0.1, -0.05) is 0 Å². The van der Waals surface area contributed by atoms with Crippen LogP contribution in [0.3, 0.4) is 0 Å². The SMILES string of the molecule is CSCC(C)(O)CNCc1cc(C(=O)O)co1. The van der Waals surface area contributed by atoms with Crippen molar-refractivity contribution in [3.8, 4) is 0 Å². The minimum absolute atomic E-state index is 0.137. The smallest absolute Gasteiger partial charge is 0.338 e. The maximum Gasteiger partial charge on any atom is 0.338 e. The number of hydrogen-bond donors (Lipinski definition) is 3. The molecule has 0 amide bonds. The van der Waals surface area contributed by atoms with Gasteiger partial charge in [0.15, 0.2) is 0 Å². The summed E-state index contributed by atoms with van der Waals surface area (Å²) >= 11 is 1.57. The monoisotopic (exact) mass is 259 g/mol. The Hall–Kier alpha value is -0.980. The fourth-order valence-electron chi connectivity index (χ4n) is 1.40. The van der Waals surface area contributed by atoms with Crippen molar-refractivity contribution >= 4 is 17.7 Å². The van der Waals surface area contributed by atoms with Crippen LogP contribution in [0.5, 0.6) is 0 Å². The summed E-state index contributed by atoms with van der Waals surface area (Å²) in [7, 11) is 0. The van der Waals surface area contributed by atoms with Gasteiger partial charge in [-0.15, -0.1) is 0 Å². The molecule has 1 aromatic rings. The molecular weight excluding hydrogens is 242 g/mol. The zero-order valence-electron chi connectivity index (χ0n) is 9.90. The molecule has 96 valence electrons. The molecule has 0 saturated carbocycles. The number of thioether (sulfide) groups is 1. The Morgan fingerprint density at radius 1 is 1.65 bits per heavy atom. The highest BCUT2D eigenvalue weighted by Gasteiger charge is 2.19. The van der Waals surface area contributed by atoms with E-state index < -0.39 is 11.6 Å². The van der Waals surface area contributed by atoms with Gasteiger partial charge in [0.1, 0.15) is 12.0 Å². The predicted octanol–water partition coefficient (Wildman–Crippen LogP) is 1.18. The summed E-state index contributed by atoms with van der Waals surface area (Å²) in [6.07, 6.45) is 3.14. The van der Waals surface area contributed by atoms with Crippen LogP contribution in [0.2, 0.25) is 0 Å². The largest absolute Gasteiger partial charge is 0.478 e. The number of furan rings is 1. The lowest BCUT2D eigenvalue weighted by Crippen LogP contribution is -2.39. The number of aliphatic hydroxyl groups is 1. The third-order valence-electron chi connectivity index (χ3n) is 2.16. The third kappa shape index (κ3) is 4.80. The van der Waals surface area contributed by atoms with Gasteiger partial charge in [-0.3, -0.25) is 0 Å². The molecule has 0 bridgehead atoms. The first-order valence-electron chi connectivity index (χ1n) is 5.17. The molecule has 0 aliphatic heterocycles. The third-order valence-corrected chi connectivity index (χ3v) is 3.07. The van der Waals surface area contributed by atoms with E-state index in [0.29, 0.717) is 24.6 Å². The number of nitrogens with one attached hydrogen (secondary N) is 1. The lowest BCUT2D eigenvalue weighted by molar-refractivity contribution is 0.0695. The van der Waals surface area contributed by atoms with Gasteiger partial charge in [0.05, 0.1) is 17.7 Å². The molecule has 0 radical (unpaired) electrons. The lowest BCUT2D eigenvalue weighted by atomic mass is 10.1. The van der Waals surface area contributed by atoms with Crippen LogP contribution in [0, 0.1) is 0 Å². The quantitative estimate of drug-likeness (QED) is 0.682. The number of carbonyl (C=O) groups is 1. The Labute approximate surface area is 104 Å². The van der Waals surface area contributed by atoms with Crippen molar-refractivity contribution in [1.29, 1.82) is 0 Å². The van der Waals surface area contributed by atoms with E-state index in [9.17, 15) is 9.90 Å². The average Bonchev–Trinajstić information content (AvgIpc) is 2.66. The first-order chi connectivity index (χ1) is 7.94. The molecule has 3 N–H and O–H groups in total. The number of carboxylic acids is 1. The van der Waals surface area contributed by atoms with Crippen molar-refractivity contribution < 1.29 is 19.4 Å². The summed E-state index contributed by atoms with van der Waals surface area (Å²) in [5.41, 5.74) is -0.639. The number of rotatable bonds is 7. The van der Waals surface area contributed by atoms with Crippen LogP contribution in [-0.4, -0.2) is 40.3 Å². The summed E-state index contributed by atoms with van der Waals surface area (Å²) in [5, 5.41) is 21.6. The van der Waals surface area contributed by atoms with E-state index in [2.05, 4.69) is 5.32 Å². The Morgan fingerprint density at radius 3 is 2.88 bits per heavy atom. The highest BCUT2D eigenvalue weighted by Crippen LogP contribution is 2.11. The van der Waals surface area contributed by atoms with E-state index in [1.807, 2.05) is 6.26 Å². The van der Waals surface area contributed by atoms with Crippen molar-refractivity contribution in [3.05, 3.63) is 23.7 Å². The molecule has 0 aromatic carbocycles. The molecule has 1 aromatic heterocycles. The molecular formula is C11H17NO4S. The predicted molar refractivity (Wildman–Crippen MR) is 66.4 cm³/mol. The van der Waals surface area contributed by atoms with Gasteiger partial charge in [-0.25, -0.2) is 4.79 Å². The van der Waals surface area contributed by atoms with E-state index in [0.717, 1.165) is 0 Å². The number of aromatic carboxylic acids is 1. The lowest BCUT2D eigenvalue weighted by Gasteiger charge is -2.22. The van der Waals surface area contributed by atoms with Gasteiger partial charge in [-0.2, -0.15) is 11.8 Å². The Kier molecular flexibility index (Phi) is 5.04. The van der Waals surface area contributed by atoms with Crippen molar-refractivity contribution in [2.45, 2.75) is 19.1 Å². The van der Waals surface area contributed by atoms with Gasteiger partial charge in [0, 0.05) is 12.3 Å². The second kappa shape index (κ2) is 6.09. The topological polar surface area (TPSA) is 82.7 Å². The molecule has 0 saturated heterocycles. The molecule has 0 aliphatic rings. The van der Waals surface area contributed by atoms with E-state index in [1.165, 1.54) is 12.3 Å². The highest BCUT2D eigenvalue weighted by atomic mass is 32.2. The minimum atomic E-state index is -1.01. The first-order valence-corrected chi connectivity index (χ1v) is 6.57. The van der Waals surface area contributed by atoms with Crippen LogP contribution >= 0.6 is 11.8 Å². The molecule has 0 aliphatic carbocycles. The standard InChI is InChI=1S/C11H17NO4S/c1-11(15,7-17-2)6-12-4-9-3-8(5-16-9)10(13)14/h3,5,12,15H,4,6-7H2,1-2H3,(H,13,14). The van der Waals surface area contributed by atoms with Crippen LogP contribution in [0.15, 0.2) is 16.7 Å². The minimum Gasteiger partial charge on any atom is -0.478 e. The molecule has 0 spiro atoms. The Bertz CT molecular complexity index is 375. The summed E-state index contributed by atoms with van der Waals surface area (Å²) in [6.45, 7) is 2.58. The summed E-state index contributed by atoms with van der Waals surface area (Å²) < 4.78 is 5.07. The van der Waals surface area contributed by atoms with Crippen molar-refractivity contribution in [1.82, 2.24) is 5.32 Å². The second-order valence-corrected chi connectivity index (χ2v) is 5.01. The van der Waals surface area contributed by atoms with Crippen LogP contribution in [0.1, 0.15) is 23.0 Å². The zero-order valence-corrected chi connectivity index (χ0v) is 10.7. The maximum atomic E-state index is 10.6. The van der Waals surface area contributed by atoms with Crippen molar-refractivity contribution in [2.75, 3.05) is 18.6 Å².